The zero-order chi connectivity index (χ0) is 26.9. The Morgan fingerprint density at radius 1 is 1.08 bits per heavy atom. The van der Waals surface area contributed by atoms with Crippen molar-refractivity contribution in [2.45, 2.75) is 39.4 Å². The molecule has 6 nitrogen and oxygen atoms in total. The number of halogens is 3. The molecular weight excluding hydrogens is 491 g/mol. The van der Waals surface area contributed by atoms with E-state index in [0.29, 0.717) is 22.3 Å². The summed E-state index contributed by atoms with van der Waals surface area (Å²) in [7, 11) is 0. The van der Waals surface area contributed by atoms with Crippen molar-refractivity contribution in [1.82, 2.24) is 20.1 Å². The predicted octanol–water partition coefficient (Wildman–Crippen LogP) is 5.84. The van der Waals surface area contributed by atoms with Crippen LogP contribution in [-0.2, 0) is 12.7 Å². The molecule has 5 rings (SSSR count). The number of carbonyl (C=O) groups excluding carboxylic acids is 1. The van der Waals surface area contributed by atoms with Crippen molar-refractivity contribution in [2.75, 3.05) is 18.4 Å². The Labute approximate surface area is 218 Å². The normalized spacial score (nSPS) is 13.9. The number of nitrogens with one attached hydrogen (secondary N) is 2. The maximum Gasteiger partial charge on any atom is 0.416 e. The number of aromatic nitrogens is 3. The monoisotopic (exact) mass is 517 g/mol. The van der Waals surface area contributed by atoms with Gasteiger partial charge in [-0.3, -0.25) is 14.8 Å². The van der Waals surface area contributed by atoms with Gasteiger partial charge >= 0.3 is 6.18 Å². The molecule has 0 radical (unpaired) electrons. The lowest BCUT2D eigenvalue weighted by Crippen LogP contribution is -2.21. The van der Waals surface area contributed by atoms with Crippen LogP contribution in [0.25, 0.3) is 11.0 Å². The van der Waals surface area contributed by atoms with Crippen molar-refractivity contribution in [3.05, 3.63) is 87.7 Å². The average molecular weight is 518 g/mol. The lowest BCUT2D eigenvalue weighted by molar-refractivity contribution is -0.138. The number of aryl methyl sites for hydroxylation is 2. The number of fused-ring (bicyclic) bond motifs is 1. The van der Waals surface area contributed by atoms with Gasteiger partial charge in [-0.1, -0.05) is 24.0 Å². The average Bonchev–Trinajstić information content (AvgIpc) is 3.53. The number of hydrogen-bond acceptors (Lipinski definition) is 4. The van der Waals surface area contributed by atoms with Gasteiger partial charge in [0.05, 0.1) is 5.56 Å². The number of hydrogen-bond donors (Lipinski definition) is 2. The number of H-pyrrole nitrogens is 1. The van der Waals surface area contributed by atoms with Gasteiger partial charge < -0.3 is 5.32 Å². The van der Waals surface area contributed by atoms with Crippen molar-refractivity contribution >= 4 is 22.6 Å². The van der Waals surface area contributed by atoms with Crippen LogP contribution >= 0.6 is 0 Å². The molecule has 4 aromatic rings. The minimum atomic E-state index is -4.52. The minimum absolute atomic E-state index is 0.0931. The van der Waals surface area contributed by atoms with Crippen LogP contribution in [0.1, 0.15) is 56.7 Å². The first-order valence-electron chi connectivity index (χ1n) is 12.3. The largest absolute Gasteiger partial charge is 0.416 e. The number of likely N-dealkylation sites (tertiary alicyclic amines) is 1. The SMILES string of the molecule is Cc1ccc(C(=O)Nc2ccc(CN3CCCC3)c(C(F)(F)F)c2)cc1C#Cc1cnc2n[nH]c(C)c2c1. The number of anilines is 1. The molecule has 0 unspecified atom stereocenters. The maximum absolute atomic E-state index is 13.8. The van der Waals surface area contributed by atoms with Crippen LogP contribution in [0.2, 0.25) is 0 Å². The van der Waals surface area contributed by atoms with Gasteiger partial charge in [-0.25, -0.2) is 4.98 Å². The first-order valence-corrected chi connectivity index (χ1v) is 12.3. The van der Waals surface area contributed by atoms with E-state index in [2.05, 4.69) is 32.3 Å². The summed E-state index contributed by atoms with van der Waals surface area (Å²) in [6, 6.07) is 10.9. The van der Waals surface area contributed by atoms with Crippen LogP contribution < -0.4 is 5.32 Å². The number of nitrogens with zero attached hydrogens (tertiary/aromatic N) is 3. The van der Waals surface area contributed by atoms with Crippen molar-refractivity contribution in [1.29, 1.82) is 0 Å². The quantitative estimate of drug-likeness (QED) is 0.334. The van der Waals surface area contributed by atoms with E-state index in [0.717, 1.165) is 48.6 Å². The molecule has 2 aromatic heterocycles. The fourth-order valence-electron chi connectivity index (χ4n) is 4.57. The predicted molar refractivity (Wildman–Crippen MR) is 140 cm³/mol. The zero-order valence-electron chi connectivity index (χ0n) is 21.0. The van der Waals surface area contributed by atoms with Crippen LogP contribution in [0.5, 0.6) is 0 Å². The fraction of sp³-hybridized carbons (Fsp3) is 0.276. The molecule has 0 aliphatic carbocycles. The second-order valence-corrected chi connectivity index (χ2v) is 9.53. The molecule has 1 aliphatic rings. The van der Waals surface area contributed by atoms with Crippen LogP contribution in [-0.4, -0.2) is 39.1 Å². The lowest BCUT2D eigenvalue weighted by atomic mass is 10.0. The van der Waals surface area contributed by atoms with Crippen molar-refractivity contribution < 1.29 is 18.0 Å². The Balaban J connectivity index is 1.36. The number of benzene rings is 2. The summed E-state index contributed by atoms with van der Waals surface area (Å²) < 4.78 is 41.5. The third-order valence-electron chi connectivity index (χ3n) is 6.71. The number of aromatic amines is 1. The maximum atomic E-state index is 13.8. The van der Waals surface area contributed by atoms with Crippen LogP contribution in [0.3, 0.4) is 0 Å². The topological polar surface area (TPSA) is 73.9 Å². The zero-order valence-corrected chi connectivity index (χ0v) is 21.0. The Kier molecular flexibility index (Phi) is 6.91. The third-order valence-corrected chi connectivity index (χ3v) is 6.71. The van der Waals surface area contributed by atoms with Crippen molar-refractivity contribution in [3.8, 4) is 11.8 Å². The highest BCUT2D eigenvalue weighted by Crippen LogP contribution is 2.35. The molecule has 2 N–H and O–H groups in total. The molecule has 3 heterocycles. The van der Waals surface area contributed by atoms with Gasteiger partial charge in [0, 0.05) is 46.2 Å². The second-order valence-electron chi connectivity index (χ2n) is 9.53. The molecule has 0 spiro atoms. The van der Waals surface area contributed by atoms with Gasteiger partial charge in [0.15, 0.2) is 5.65 Å². The van der Waals surface area contributed by atoms with E-state index in [1.807, 2.05) is 24.8 Å². The van der Waals surface area contributed by atoms with Gasteiger partial charge in [-0.15, -0.1) is 0 Å². The van der Waals surface area contributed by atoms with Gasteiger partial charge in [0.25, 0.3) is 5.91 Å². The summed E-state index contributed by atoms with van der Waals surface area (Å²) in [5.74, 6) is 5.64. The number of carbonyl (C=O) groups is 1. The molecule has 38 heavy (non-hydrogen) atoms. The molecule has 1 fully saturated rings. The molecule has 2 aromatic carbocycles. The van der Waals surface area contributed by atoms with Crippen molar-refractivity contribution in [2.24, 2.45) is 0 Å². The van der Waals surface area contributed by atoms with Crippen LogP contribution in [0, 0.1) is 25.7 Å². The smallest absolute Gasteiger partial charge is 0.322 e. The van der Waals surface area contributed by atoms with Gasteiger partial charge in [0.2, 0.25) is 0 Å². The van der Waals surface area contributed by atoms with E-state index >= 15 is 0 Å². The summed E-state index contributed by atoms with van der Waals surface area (Å²) in [6.45, 7) is 5.61. The van der Waals surface area contributed by atoms with Gasteiger partial charge in [0.1, 0.15) is 0 Å². The number of rotatable bonds is 4. The lowest BCUT2D eigenvalue weighted by Gasteiger charge is -2.20. The van der Waals surface area contributed by atoms with Crippen LogP contribution in [0.4, 0.5) is 18.9 Å². The first-order chi connectivity index (χ1) is 18.2. The van der Waals surface area contributed by atoms with E-state index in [1.165, 1.54) is 12.1 Å². The molecule has 9 heteroatoms. The summed E-state index contributed by atoms with van der Waals surface area (Å²) in [5, 5.41) is 10.5. The summed E-state index contributed by atoms with van der Waals surface area (Å²) in [4.78, 5) is 19.3. The minimum Gasteiger partial charge on any atom is -0.322 e. The summed E-state index contributed by atoms with van der Waals surface area (Å²) in [5.41, 5.74) is 3.59. The molecule has 1 saturated heterocycles. The van der Waals surface area contributed by atoms with E-state index < -0.39 is 17.6 Å². The standard InChI is InChI=1S/C29H26F3N5O/c1-18-5-7-22(14-21(18)8-6-20-13-25-19(2)35-36-27(25)33-16-20)28(38)34-24-10-9-23(17-37-11-3-4-12-37)26(15-24)29(30,31)32/h5,7,9-10,13-16H,3-4,11-12,17H2,1-2H3,(H,34,38)(H,33,35,36). The number of pyridine rings is 1. The highest BCUT2D eigenvalue weighted by atomic mass is 19.4. The van der Waals surface area contributed by atoms with Gasteiger partial charge in [-0.05, 0) is 81.2 Å². The van der Waals surface area contributed by atoms with E-state index in [-0.39, 0.29) is 17.8 Å². The molecule has 1 amide bonds. The molecule has 194 valence electrons. The van der Waals surface area contributed by atoms with Gasteiger partial charge in [-0.2, -0.15) is 18.3 Å². The highest BCUT2D eigenvalue weighted by molar-refractivity contribution is 6.04. The Bertz CT molecular complexity index is 1570. The molecular formula is C29H26F3N5O. The fourth-order valence-corrected chi connectivity index (χ4v) is 4.57. The number of amides is 1. The van der Waals surface area contributed by atoms with E-state index in [4.69, 9.17) is 0 Å². The van der Waals surface area contributed by atoms with Crippen LogP contribution in [0.15, 0.2) is 48.7 Å². The van der Waals surface area contributed by atoms with E-state index in [9.17, 15) is 18.0 Å². The Hall–Kier alpha value is -4.16. The molecule has 1 aliphatic heterocycles. The second kappa shape index (κ2) is 10.3. The molecule has 0 atom stereocenters. The number of alkyl halides is 3. The Morgan fingerprint density at radius 3 is 2.63 bits per heavy atom. The molecule has 0 saturated carbocycles. The first kappa shape index (κ1) is 25.5. The highest BCUT2D eigenvalue weighted by Gasteiger charge is 2.34. The molecule has 0 bridgehead atoms. The third kappa shape index (κ3) is 5.55. The summed E-state index contributed by atoms with van der Waals surface area (Å²) >= 11 is 0. The summed E-state index contributed by atoms with van der Waals surface area (Å²) in [6.07, 6.45) is -0.897. The van der Waals surface area contributed by atoms with E-state index in [1.54, 1.807) is 24.4 Å². The van der Waals surface area contributed by atoms with Crippen molar-refractivity contribution in [3.63, 3.8) is 0 Å². The Morgan fingerprint density at radius 2 is 1.87 bits per heavy atom.